The third-order valence-corrected chi connectivity index (χ3v) is 4.04. The number of para-hydroxylation sites is 1. The van der Waals surface area contributed by atoms with E-state index in [4.69, 9.17) is 0 Å². The van der Waals surface area contributed by atoms with Gasteiger partial charge in [-0.25, -0.2) is 5.43 Å². The fourth-order valence-corrected chi connectivity index (χ4v) is 2.69. The quantitative estimate of drug-likeness (QED) is 0.580. The Kier molecular flexibility index (Phi) is 5.79. The molecule has 0 aliphatic heterocycles. The number of nitrogens with one attached hydrogen (secondary N) is 2. The van der Waals surface area contributed by atoms with Crippen molar-refractivity contribution in [2.45, 2.75) is 24.8 Å². The second kappa shape index (κ2) is 7.87. The number of hydrogen-bond donors (Lipinski definition) is 2. The van der Waals surface area contributed by atoms with E-state index >= 15 is 0 Å². The number of hydrogen-bond acceptors (Lipinski definition) is 3. The summed E-state index contributed by atoms with van der Waals surface area (Å²) in [4.78, 5) is 1.37. The number of hydrazine groups is 1. The van der Waals surface area contributed by atoms with Crippen LogP contribution in [0, 0.1) is 0 Å². The van der Waals surface area contributed by atoms with Crippen LogP contribution in [-0.4, -0.2) is 5.75 Å². The summed E-state index contributed by atoms with van der Waals surface area (Å²) in [6.45, 7) is 3.03. The summed E-state index contributed by atoms with van der Waals surface area (Å²) in [6.07, 6.45) is 1.20. The van der Waals surface area contributed by atoms with E-state index in [1.54, 1.807) is 0 Å². The van der Waals surface area contributed by atoms with E-state index in [2.05, 4.69) is 42.0 Å². The molecule has 2 rings (SSSR count). The summed E-state index contributed by atoms with van der Waals surface area (Å²) in [5.74, 6) is 1.17. The van der Waals surface area contributed by atoms with Gasteiger partial charge in [0.05, 0.1) is 0 Å². The Morgan fingerprint density at radius 1 is 0.947 bits per heavy atom. The zero-order chi connectivity index (χ0) is 13.3. The molecule has 0 aliphatic carbocycles. The summed E-state index contributed by atoms with van der Waals surface area (Å²) >= 11 is 1.93. The van der Waals surface area contributed by atoms with Crippen LogP contribution in [0.2, 0.25) is 0 Å². The molecule has 0 saturated heterocycles. The van der Waals surface area contributed by atoms with Gasteiger partial charge in [-0.15, -0.1) is 11.8 Å². The van der Waals surface area contributed by atoms with Gasteiger partial charge in [0.1, 0.15) is 0 Å². The maximum atomic E-state index is 3.27. The van der Waals surface area contributed by atoms with Gasteiger partial charge in [-0.05, 0) is 35.9 Å². The molecule has 0 aromatic heterocycles. The van der Waals surface area contributed by atoms with Crippen molar-refractivity contribution < 1.29 is 0 Å². The van der Waals surface area contributed by atoms with Gasteiger partial charge in [-0.3, -0.25) is 0 Å². The Labute approximate surface area is 119 Å². The minimum atomic E-state index is 0.821. The molecule has 2 aromatic carbocycles. The van der Waals surface area contributed by atoms with Crippen LogP contribution in [0.15, 0.2) is 59.5 Å². The van der Waals surface area contributed by atoms with Crippen LogP contribution in [0.4, 0.5) is 5.69 Å². The second-order valence-electron chi connectivity index (χ2n) is 4.30. The lowest BCUT2D eigenvalue weighted by atomic mass is 10.2. The molecule has 100 valence electrons. The monoisotopic (exact) mass is 272 g/mol. The first-order valence-corrected chi connectivity index (χ1v) is 7.63. The van der Waals surface area contributed by atoms with Crippen LogP contribution in [-0.2, 0) is 6.54 Å². The molecule has 2 aromatic rings. The lowest BCUT2D eigenvalue weighted by molar-refractivity contribution is 0.788. The summed E-state index contributed by atoms with van der Waals surface area (Å²) in [7, 11) is 0. The van der Waals surface area contributed by atoms with E-state index in [1.807, 2.05) is 42.1 Å². The smallest absolute Gasteiger partial charge is 0.0487 e. The first-order chi connectivity index (χ1) is 9.40. The summed E-state index contributed by atoms with van der Waals surface area (Å²) in [5, 5.41) is 0. The van der Waals surface area contributed by atoms with Crippen LogP contribution in [0.3, 0.4) is 0 Å². The molecule has 0 radical (unpaired) electrons. The predicted molar refractivity (Wildman–Crippen MR) is 84.4 cm³/mol. The van der Waals surface area contributed by atoms with Gasteiger partial charge in [-0.1, -0.05) is 43.3 Å². The number of rotatable bonds is 7. The molecule has 0 fully saturated rings. The Morgan fingerprint density at radius 2 is 1.68 bits per heavy atom. The summed E-state index contributed by atoms with van der Waals surface area (Å²) < 4.78 is 0. The van der Waals surface area contributed by atoms with E-state index in [1.165, 1.54) is 22.6 Å². The van der Waals surface area contributed by atoms with Gasteiger partial charge in [0.15, 0.2) is 0 Å². The van der Waals surface area contributed by atoms with Gasteiger partial charge < -0.3 is 5.43 Å². The third kappa shape index (κ3) is 4.62. The van der Waals surface area contributed by atoms with Gasteiger partial charge in [-0.2, -0.15) is 0 Å². The molecule has 0 atom stereocenters. The molecule has 19 heavy (non-hydrogen) atoms. The Morgan fingerprint density at radius 3 is 2.47 bits per heavy atom. The average molecular weight is 272 g/mol. The first-order valence-electron chi connectivity index (χ1n) is 6.65. The van der Waals surface area contributed by atoms with Crippen LogP contribution < -0.4 is 10.9 Å². The molecule has 2 N–H and O–H groups in total. The molecular formula is C16H20N2S. The van der Waals surface area contributed by atoms with Crippen molar-refractivity contribution in [2.24, 2.45) is 0 Å². The average Bonchev–Trinajstić information content (AvgIpc) is 2.47. The van der Waals surface area contributed by atoms with E-state index in [0.717, 1.165) is 12.2 Å². The Hall–Kier alpha value is -1.45. The van der Waals surface area contributed by atoms with E-state index in [-0.39, 0.29) is 0 Å². The van der Waals surface area contributed by atoms with Gasteiger partial charge in [0.25, 0.3) is 0 Å². The molecule has 2 nitrogen and oxygen atoms in total. The molecule has 0 amide bonds. The van der Waals surface area contributed by atoms with Crippen molar-refractivity contribution >= 4 is 17.4 Å². The number of thioether (sulfide) groups is 1. The maximum Gasteiger partial charge on any atom is 0.0487 e. The van der Waals surface area contributed by atoms with Crippen LogP contribution >= 0.6 is 11.8 Å². The largest absolute Gasteiger partial charge is 0.321 e. The molecule has 0 aliphatic rings. The van der Waals surface area contributed by atoms with Crippen molar-refractivity contribution in [3.05, 3.63) is 60.2 Å². The normalized spacial score (nSPS) is 10.4. The lowest BCUT2D eigenvalue weighted by Crippen LogP contribution is -2.21. The fraction of sp³-hybridized carbons (Fsp3) is 0.250. The second-order valence-corrected chi connectivity index (χ2v) is 5.44. The minimum Gasteiger partial charge on any atom is -0.321 e. The SMILES string of the molecule is CCCSc1ccccc1CNNc1ccccc1. The lowest BCUT2D eigenvalue weighted by Gasteiger charge is -2.11. The molecule has 3 heteroatoms. The van der Waals surface area contributed by atoms with Crippen molar-refractivity contribution in [3.8, 4) is 0 Å². The number of anilines is 1. The van der Waals surface area contributed by atoms with Gasteiger partial charge in [0, 0.05) is 17.1 Å². The van der Waals surface area contributed by atoms with Crippen LogP contribution in [0.25, 0.3) is 0 Å². The molecule has 0 heterocycles. The molecule has 0 unspecified atom stereocenters. The molecule has 0 saturated carbocycles. The van der Waals surface area contributed by atoms with Crippen LogP contribution in [0.5, 0.6) is 0 Å². The van der Waals surface area contributed by atoms with E-state index in [9.17, 15) is 0 Å². The predicted octanol–water partition coefficient (Wildman–Crippen LogP) is 4.31. The van der Waals surface area contributed by atoms with Gasteiger partial charge in [0.2, 0.25) is 0 Å². The highest BCUT2D eigenvalue weighted by Crippen LogP contribution is 2.23. The Bertz CT molecular complexity index is 485. The summed E-state index contributed by atoms with van der Waals surface area (Å²) in [6, 6.07) is 18.7. The highest BCUT2D eigenvalue weighted by molar-refractivity contribution is 7.99. The summed E-state index contributed by atoms with van der Waals surface area (Å²) in [5.41, 5.74) is 8.91. The standard InChI is InChI=1S/C16H20N2S/c1-2-12-19-16-11-7-6-8-14(16)13-17-18-15-9-4-3-5-10-15/h3-11,17-18H,2,12-13H2,1H3. The van der Waals surface area contributed by atoms with E-state index < -0.39 is 0 Å². The highest BCUT2D eigenvalue weighted by atomic mass is 32.2. The van der Waals surface area contributed by atoms with Crippen molar-refractivity contribution in [1.29, 1.82) is 0 Å². The fourth-order valence-electron chi connectivity index (χ4n) is 1.77. The van der Waals surface area contributed by atoms with E-state index in [0.29, 0.717) is 0 Å². The number of benzene rings is 2. The first kappa shape index (κ1) is 14.0. The zero-order valence-corrected chi connectivity index (χ0v) is 12.0. The molecule has 0 bridgehead atoms. The Balaban J connectivity index is 1.88. The maximum absolute atomic E-state index is 3.27. The highest BCUT2D eigenvalue weighted by Gasteiger charge is 2.01. The third-order valence-electron chi connectivity index (χ3n) is 2.72. The molecule has 0 spiro atoms. The van der Waals surface area contributed by atoms with Gasteiger partial charge >= 0.3 is 0 Å². The van der Waals surface area contributed by atoms with Crippen molar-refractivity contribution in [3.63, 3.8) is 0 Å². The minimum absolute atomic E-state index is 0.821. The zero-order valence-electron chi connectivity index (χ0n) is 11.2. The topological polar surface area (TPSA) is 24.1 Å². The van der Waals surface area contributed by atoms with Crippen molar-refractivity contribution in [1.82, 2.24) is 5.43 Å². The van der Waals surface area contributed by atoms with Crippen LogP contribution in [0.1, 0.15) is 18.9 Å². The molecular weight excluding hydrogens is 252 g/mol. The van der Waals surface area contributed by atoms with Crippen molar-refractivity contribution in [2.75, 3.05) is 11.2 Å².